The summed E-state index contributed by atoms with van der Waals surface area (Å²) in [5.41, 5.74) is 3.16. The van der Waals surface area contributed by atoms with Crippen LogP contribution in [0, 0.1) is 5.92 Å². The molecule has 68 valence electrons. The molecule has 0 saturated carbocycles. The molecule has 1 aliphatic rings. The molecule has 0 aromatic rings. The number of rotatable bonds is 2. The molecule has 0 spiro atoms. The maximum atomic E-state index is 5.30. The van der Waals surface area contributed by atoms with Crippen molar-refractivity contribution in [3.8, 4) is 0 Å². The number of hydrogen-bond donors (Lipinski definition) is 0. The van der Waals surface area contributed by atoms with Gasteiger partial charge >= 0.3 is 85.5 Å². The van der Waals surface area contributed by atoms with Crippen molar-refractivity contribution in [1.82, 2.24) is 0 Å². The van der Waals surface area contributed by atoms with Crippen LogP contribution >= 0.6 is 0 Å². The maximum absolute atomic E-state index is 5.30. The van der Waals surface area contributed by atoms with Crippen molar-refractivity contribution in [2.45, 2.75) is 33.1 Å². The van der Waals surface area contributed by atoms with Crippen LogP contribution in [-0.4, -0.2) is 11.2 Å². The summed E-state index contributed by atoms with van der Waals surface area (Å²) in [5.74, 6) is 0.702. The fourth-order valence-electron chi connectivity index (χ4n) is 1.62. The second-order valence-corrected chi connectivity index (χ2v) is 4.97. The van der Waals surface area contributed by atoms with E-state index in [4.69, 9.17) is 4.74 Å². The molecular weight excluding hydrogens is 320 g/mol. The minimum absolute atomic E-state index is 0.702. The van der Waals surface area contributed by atoms with Gasteiger partial charge in [0, 0.05) is 0 Å². The average Bonchev–Trinajstić information content (AvgIpc) is 2.08. The van der Waals surface area contributed by atoms with Gasteiger partial charge in [0.05, 0.1) is 0 Å². The fourth-order valence-corrected chi connectivity index (χ4v) is 2.34. The Morgan fingerprint density at radius 3 is 2.58 bits per heavy atom. The molecular formula is C10H16OW. The predicted molar refractivity (Wildman–Crippen MR) is 47.7 cm³/mol. The third-order valence-corrected chi connectivity index (χ3v) is 4.48. The van der Waals surface area contributed by atoms with Crippen LogP contribution in [0.1, 0.15) is 33.1 Å². The van der Waals surface area contributed by atoms with Gasteiger partial charge in [-0.25, -0.2) is 0 Å². The topological polar surface area (TPSA) is 9.23 Å². The SMILES string of the molecule is CO[C](=[W])C1CCC(C)=C(C)C1. The van der Waals surface area contributed by atoms with Crippen molar-refractivity contribution < 1.29 is 24.1 Å². The Hall–Kier alpha value is 0.258. The summed E-state index contributed by atoms with van der Waals surface area (Å²) in [4.78, 5) is 0. The molecule has 1 atom stereocenters. The zero-order valence-corrected chi connectivity index (χ0v) is 10.9. The van der Waals surface area contributed by atoms with Gasteiger partial charge < -0.3 is 0 Å². The average molecular weight is 336 g/mol. The first-order valence-electron chi connectivity index (χ1n) is 4.38. The zero-order chi connectivity index (χ0) is 9.14. The van der Waals surface area contributed by atoms with Crippen LogP contribution in [0.2, 0.25) is 0 Å². The minimum atomic E-state index is 0.702. The molecule has 0 aliphatic heterocycles. The van der Waals surface area contributed by atoms with E-state index in [9.17, 15) is 0 Å². The Bertz CT molecular complexity index is 218. The molecule has 0 saturated heterocycles. The summed E-state index contributed by atoms with van der Waals surface area (Å²) in [5, 5.41) is 0. The molecule has 12 heavy (non-hydrogen) atoms. The normalized spacial score (nSPS) is 24.4. The summed E-state index contributed by atoms with van der Waals surface area (Å²) in [6, 6.07) is 0. The molecule has 0 heterocycles. The first-order chi connectivity index (χ1) is 5.65. The van der Waals surface area contributed by atoms with Gasteiger partial charge in [-0.2, -0.15) is 0 Å². The van der Waals surface area contributed by atoms with E-state index >= 15 is 0 Å². The third-order valence-electron chi connectivity index (χ3n) is 2.68. The van der Waals surface area contributed by atoms with Crippen LogP contribution in [0.25, 0.3) is 0 Å². The second kappa shape index (κ2) is 4.48. The Morgan fingerprint density at radius 1 is 1.42 bits per heavy atom. The summed E-state index contributed by atoms with van der Waals surface area (Å²) < 4.78 is 6.58. The first-order valence-corrected chi connectivity index (χ1v) is 5.85. The van der Waals surface area contributed by atoms with Crippen LogP contribution in [0.15, 0.2) is 11.1 Å². The van der Waals surface area contributed by atoms with Crippen LogP contribution in [0.3, 0.4) is 0 Å². The Labute approximate surface area is 85.6 Å². The summed E-state index contributed by atoms with van der Waals surface area (Å²) in [6.45, 7) is 4.50. The monoisotopic (exact) mass is 336 g/mol. The van der Waals surface area contributed by atoms with Gasteiger partial charge in [-0.1, -0.05) is 0 Å². The summed E-state index contributed by atoms with van der Waals surface area (Å²) in [6.07, 6.45) is 3.77. The molecule has 0 aromatic heterocycles. The molecule has 1 aliphatic carbocycles. The molecule has 0 amide bonds. The van der Waals surface area contributed by atoms with E-state index < -0.39 is 0 Å². The third kappa shape index (κ3) is 2.37. The quantitative estimate of drug-likeness (QED) is 0.704. The van der Waals surface area contributed by atoms with Crippen LogP contribution < -0.4 is 0 Å². The molecule has 0 aromatic carbocycles. The van der Waals surface area contributed by atoms with Gasteiger partial charge in [-0.3, -0.25) is 0 Å². The molecule has 1 rings (SSSR count). The molecule has 0 N–H and O–H groups in total. The first kappa shape index (κ1) is 10.3. The van der Waals surface area contributed by atoms with Gasteiger partial charge in [0.15, 0.2) is 0 Å². The van der Waals surface area contributed by atoms with Gasteiger partial charge in [-0.05, 0) is 0 Å². The molecule has 0 bridgehead atoms. The van der Waals surface area contributed by atoms with E-state index in [2.05, 4.69) is 13.8 Å². The van der Waals surface area contributed by atoms with Crippen LogP contribution in [0.4, 0.5) is 0 Å². The number of ether oxygens (including phenoxy) is 1. The van der Waals surface area contributed by atoms with Crippen molar-refractivity contribution in [3.63, 3.8) is 0 Å². The van der Waals surface area contributed by atoms with Gasteiger partial charge in [0.2, 0.25) is 0 Å². The molecule has 2 heteroatoms. The van der Waals surface area contributed by atoms with Crippen LogP contribution in [0.5, 0.6) is 0 Å². The van der Waals surface area contributed by atoms with Crippen molar-refractivity contribution >= 4 is 4.08 Å². The zero-order valence-electron chi connectivity index (χ0n) is 8.02. The molecule has 1 nitrogen and oxygen atoms in total. The van der Waals surface area contributed by atoms with E-state index in [0.717, 1.165) is 0 Å². The predicted octanol–water partition coefficient (Wildman–Crippen LogP) is 2.45. The molecule has 1 unspecified atom stereocenters. The standard InChI is InChI=1S/C10H16O.W/c1-8-4-5-10(7-11-3)6-9(8)2;/h10H,4-6H2,1-3H3;. The van der Waals surface area contributed by atoms with Crippen molar-refractivity contribution in [3.05, 3.63) is 11.1 Å². The van der Waals surface area contributed by atoms with Gasteiger partial charge in [0.25, 0.3) is 0 Å². The Morgan fingerprint density at radius 2 is 2.08 bits per heavy atom. The van der Waals surface area contributed by atoms with E-state index in [1.54, 1.807) is 18.3 Å². The number of hydrogen-bond acceptors (Lipinski definition) is 1. The Balaban J connectivity index is 2.60. The van der Waals surface area contributed by atoms with E-state index in [0.29, 0.717) is 5.92 Å². The van der Waals surface area contributed by atoms with Crippen molar-refractivity contribution in [2.24, 2.45) is 5.92 Å². The number of methoxy groups -OCH3 is 1. The molecule has 0 radical (unpaired) electrons. The van der Waals surface area contributed by atoms with Gasteiger partial charge in [0.1, 0.15) is 0 Å². The van der Waals surface area contributed by atoms with E-state index in [-0.39, 0.29) is 0 Å². The van der Waals surface area contributed by atoms with E-state index in [1.165, 1.54) is 42.7 Å². The van der Waals surface area contributed by atoms with Crippen molar-refractivity contribution in [2.75, 3.05) is 7.11 Å². The Kier molecular flexibility index (Phi) is 3.86. The number of allylic oxidation sites excluding steroid dienone is 2. The van der Waals surface area contributed by atoms with Gasteiger partial charge in [-0.15, -0.1) is 0 Å². The van der Waals surface area contributed by atoms with Crippen LogP contribution in [-0.2, 0) is 24.1 Å². The van der Waals surface area contributed by atoms with E-state index in [1.807, 2.05) is 0 Å². The molecule has 0 fully saturated rings. The summed E-state index contributed by atoms with van der Waals surface area (Å²) >= 11 is 1.49. The summed E-state index contributed by atoms with van der Waals surface area (Å²) in [7, 11) is 1.79. The fraction of sp³-hybridized carbons (Fsp3) is 0.700. The van der Waals surface area contributed by atoms with Crippen molar-refractivity contribution in [1.29, 1.82) is 0 Å². The second-order valence-electron chi connectivity index (χ2n) is 3.52.